The minimum Gasteiger partial charge on any atom is -0.478 e. The molecule has 0 spiro atoms. The van der Waals surface area contributed by atoms with Crippen molar-refractivity contribution in [1.82, 2.24) is 4.72 Å². The van der Waals surface area contributed by atoms with Gasteiger partial charge in [0.2, 0.25) is 10.0 Å². The van der Waals surface area contributed by atoms with Crippen LogP contribution in [0.3, 0.4) is 0 Å². The predicted molar refractivity (Wildman–Crippen MR) is 102 cm³/mol. The second kappa shape index (κ2) is 8.17. The van der Waals surface area contributed by atoms with Crippen LogP contribution < -0.4 is 9.46 Å². The Morgan fingerprint density at radius 1 is 1.32 bits per heavy atom. The Kier molecular flexibility index (Phi) is 5.87. The van der Waals surface area contributed by atoms with E-state index >= 15 is 0 Å². The summed E-state index contributed by atoms with van der Waals surface area (Å²) >= 11 is 5.79. The van der Waals surface area contributed by atoms with Crippen LogP contribution in [-0.2, 0) is 26.1 Å². The van der Waals surface area contributed by atoms with Crippen LogP contribution in [-0.4, -0.2) is 45.0 Å². The maximum absolute atomic E-state index is 12.5. The van der Waals surface area contributed by atoms with Gasteiger partial charge in [-0.1, -0.05) is 16.8 Å². The number of hydrogen-bond acceptors (Lipinski definition) is 6. The molecule has 3 rings (SSSR count). The normalized spacial score (nSPS) is 16.4. The molecule has 0 radical (unpaired) electrons. The van der Waals surface area contributed by atoms with E-state index in [2.05, 4.69) is 9.88 Å². The minimum absolute atomic E-state index is 0.0697. The summed E-state index contributed by atoms with van der Waals surface area (Å²) in [6, 6.07) is 10.8. The fourth-order valence-corrected chi connectivity index (χ4v) is 3.84. The van der Waals surface area contributed by atoms with Gasteiger partial charge < -0.3 is 14.7 Å². The van der Waals surface area contributed by atoms with Gasteiger partial charge in [0, 0.05) is 17.0 Å². The standard InChI is InChI=1S/C18H17ClN2O6S/c1-26-21-15(10-20-28(24,25)14-5-3-13(19)4-6-14)11-2-7-16-12(8-11)9-17(27-16)18(22)23/h2-8,17,20H,9-10H2,1H3,(H,22,23)/b21-15-. The van der Waals surface area contributed by atoms with Crippen LogP contribution in [0.15, 0.2) is 52.5 Å². The van der Waals surface area contributed by atoms with E-state index < -0.39 is 22.1 Å². The second-order valence-electron chi connectivity index (χ2n) is 5.97. The molecule has 0 saturated carbocycles. The fraction of sp³-hybridized carbons (Fsp3) is 0.222. The molecule has 28 heavy (non-hydrogen) atoms. The fourth-order valence-electron chi connectivity index (χ4n) is 2.72. The number of aliphatic carboxylic acids is 1. The van der Waals surface area contributed by atoms with Gasteiger partial charge in [-0.15, -0.1) is 0 Å². The molecule has 10 heteroatoms. The van der Waals surface area contributed by atoms with E-state index in [1.54, 1.807) is 18.2 Å². The molecule has 1 aliphatic rings. The van der Waals surface area contributed by atoms with E-state index in [0.717, 1.165) is 0 Å². The lowest BCUT2D eigenvalue weighted by atomic mass is 10.0. The highest BCUT2D eigenvalue weighted by Gasteiger charge is 2.29. The molecule has 1 heterocycles. The Morgan fingerprint density at radius 3 is 2.68 bits per heavy atom. The first-order valence-corrected chi connectivity index (χ1v) is 10.0. The first-order chi connectivity index (χ1) is 13.3. The average Bonchev–Trinajstić information content (AvgIpc) is 3.09. The molecule has 0 fully saturated rings. The third-order valence-corrected chi connectivity index (χ3v) is 5.77. The summed E-state index contributed by atoms with van der Waals surface area (Å²) in [5.74, 6) is -0.561. The topological polar surface area (TPSA) is 114 Å². The third-order valence-electron chi connectivity index (χ3n) is 4.10. The van der Waals surface area contributed by atoms with Gasteiger partial charge >= 0.3 is 5.97 Å². The maximum atomic E-state index is 12.5. The molecule has 2 aromatic carbocycles. The van der Waals surface area contributed by atoms with E-state index in [-0.39, 0.29) is 17.9 Å². The second-order valence-corrected chi connectivity index (χ2v) is 8.17. The van der Waals surface area contributed by atoms with Crippen molar-refractivity contribution in [3.8, 4) is 5.75 Å². The largest absolute Gasteiger partial charge is 0.478 e. The molecule has 0 aliphatic carbocycles. The molecule has 148 valence electrons. The minimum atomic E-state index is -3.78. The molecule has 0 bridgehead atoms. The Bertz CT molecular complexity index is 1020. The van der Waals surface area contributed by atoms with Gasteiger partial charge in [0.1, 0.15) is 18.6 Å². The van der Waals surface area contributed by atoms with Crippen LogP contribution in [0.2, 0.25) is 5.02 Å². The quantitative estimate of drug-likeness (QED) is 0.519. The van der Waals surface area contributed by atoms with E-state index in [1.807, 2.05) is 0 Å². The van der Waals surface area contributed by atoms with E-state index in [9.17, 15) is 13.2 Å². The van der Waals surface area contributed by atoms with Crippen molar-refractivity contribution in [3.63, 3.8) is 0 Å². The molecular weight excluding hydrogens is 408 g/mol. The van der Waals surface area contributed by atoms with Crippen LogP contribution >= 0.6 is 11.6 Å². The summed E-state index contributed by atoms with van der Waals surface area (Å²) in [4.78, 5) is 16.0. The van der Waals surface area contributed by atoms with Crippen molar-refractivity contribution in [2.45, 2.75) is 17.4 Å². The molecule has 1 unspecified atom stereocenters. The van der Waals surface area contributed by atoms with Gasteiger partial charge in [0.05, 0.1) is 11.4 Å². The molecule has 2 aromatic rings. The average molecular weight is 425 g/mol. The molecule has 0 aromatic heterocycles. The van der Waals surface area contributed by atoms with E-state index in [1.165, 1.54) is 31.4 Å². The molecule has 0 saturated heterocycles. The van der Waals surface area contributed by atoms with Crippen molar-refractivity contribution in [2.24, 2.45) is 5.16 Å². The van der Waals surface area contributed by atoms with Crippen LogP contribution in [0, 0.1) is 0 Å². The highest BCUT2D eigenvalue weighted by molar-refractivity contribution is 7.89. The Morgan fingerprint density at radius 2 is 2.04 bits per heavy atom. The van der Waals surface area contributed by atoms with E-state index in [4.69, 9.17) is 26.3 Å². The number of halogens is 1. The summed E-state index contributed by atoms with van der Waals surface area (Å²) in [7, 11) is -2.43. The van der Waals surface area contributed by atoms with E-state index in [0.29, 0.717) is 27.6 Å². The number of benzene rings is 2. The lowest BCUT2D eigenvalue weighted by Crippen LogP contribution is -2.30. The molecule has 1 atom stereocenters. The number of sulfonamides is 1. The van der Waals surface area contributed by atoms with Gasteiger partial charge in [0.25, 0.3) is 0 Å². The van der Waals surface area contributed by atoms with Crippen molar-refractivity contribution in [1.29, 1.82) is 0 Å². The van der Waals surface area contributed by atoms with Gasteiger partial charge in [0.15, 0.2) is 6.10 Å². The number of nitrogens with zero attached hydrogens (tertiary/aromatic N) is 1. The van der Waals surface area contributed by atoms with Crippen molar-refractivity contribution >= 4 is 33.3 Å². The van der Waals surface area contributed by atoms with Gasteiger partial charge in [-0.25, -0.2) is 17.9 Å². The number of hydrogen-bond donors (Lipinski definition) is 2. The molecule has 2 N–H and O–H groups in total. The van der Waals surface area contributed by atoms with Gasteiger partial charge in [-0.3, -0.25) is 0 Å². The van der Waals surface area contributed by atoms with Crippen LogP contribution in [0.4, 0.5) is 0 Å². The summed E-state index contributed by atoms with van der Waals surface area (Å²) in [6.07, 6.45) is -0.716. The van der Waals surface area contributed by atoms with Gasteiger partial charge in [-0.05, 0) is 48.0 Å². The number of oxime groups is 1. The molecule has 1 aliphatic heterocycles. The van der Waals surface area contributed by atoms with Crippen molar-refractivity contribution in [3.05, 3.63) is 58.6 Å². The van der Waals surface area contributed by atoms with Crippen LogP contribution in [0.25, 0.3) is 0 Å². The monoisotopic (exact) mass is 424 g/mol. The highest BCUT2D eigenvalue weighted by atomic mass is 35.5. The zero-order valence-electron chi connectivity index (χ0n) is 14.8. The first kappa shape index (κ1) is 20.1. The summed E-state index contributed by atoms with van der Waals surface area (Å²) in [6.45, 7) is -0.124. The molecular formula is C18H17ClN2O6S. The van der Waals surface area contributed by atoms with Crippen molar-refractivity contribution in [2.75, 3.05) is 13.7 Å². The number of carbonyl (C=O) groups is 1. The Labute approximate surface area is 166 Å². The number of carboxylic acid groups (broad SMARTS) is 1. The van der Waals surface area contributed by atoms with Crippen molar-refractivity contribution < 1.29 is 27.9 Å². The zero-order valence-corrected chi connectivity index (χ0v) is 16.3. The summed E-state index contributed by atoms with van der Waals surface area (Å²) < 4.78 is 32.7. The number of fused-ring (bicyclic) bond motifs is 1. The SMILES string of the molecule is CO/N=C(/CNS(=O)(=O)c1ccc(Cl)cc1)c1ccc2c(c1)CC(C(=O)O)O2. The Balaban J connectivity index is 1.78. The predicted octanol–water partition coefficient (Wildman–Crippen LogP) is 2.06. The zero-order chi connectivity index (χ0) is 20.3. The maximum Gasteiger partial charge on any atom is 0.345 e. The number of rotatable bonds is 7. The van der Waals surface area contributed by atoms with Gasteiger partial charge in [-0.2, -0.15) is 0 Å². The number of carboxylic acids is 1. The highest BCUT2D eigenvalue weighted by Crippen LogP contribution is 2.30. The lowest BCUT2D eigenvalue weighted by molar-refractivity contribution is -0.144. The number of nitrogens with one attached hydrogen (secondary N) is 1. The summed E-state index contributed by atoms with van der Waals surface area (Å²) in [5.41, 5.74) is 1.63. The molecule has 8 nitrogen and oxygen atoms in total. The Hall–Kier alpha value is -2.62. The van der Waals surface area contributed by atoms with Crippen LogP contribution in [0.1, 0.15) is 11.1 Å². The number of ether oxygens (including phenoxy) is 1. The lowest BCUT2D eigenvalue weighted by Gasteiger charge is -2.10. The summed E-state index contributed by atoms with van der Waals surface area (Å²) in [5, 5.41) is 13.4. The third kappa shape index (κ3) is 4.44. The first-order valence-electron chi connectivity index (χ1n) is 8.18. The molecule has 0 amide bonds. The van der Waals surface area contributed by atoms with Crippen LogP contribution in [0.5, 0.6) is 5.75 Å². The smallest absolute Gasteiger partial charge is 0.345 e.